The number of aldehydes is 1. The van der Waals surface area contributed by atoms with E-state index in [1.165, 1.54) is 12.1 Å². The lowest BCUT2D eigenvalue weighted by Gasteiger charge is -2.11. The van der Waals surface area contributed by atoms with Gasteiger partial charge in [-0.1, -0.05) is 44.4 Å². The molecule has 0 heterocycles. The fraction of sp³-hybridized carbons (Fsp3) is 0.438. The van der Waals surface area contributed by atoms with Gasteiger partial charge in [0.05, 0.1) is 5.56 Å². The van der Waals surface area contributed by atoms with Crippen molar-refractivity contribution in [1.29, 1.82) is 0 Å². The zero-order valence-electron chi connectivity index (χ0n) is 13.2. The first kappa shape index (κ1) is 20.2. The molecule has 0 spiro atoms. The van der Waals surface area contributed by atoms with Crippen LogP contribution in [0.3, 0.4) is 0 Å². The molecule has 0 atom stereocenters. The Morgan fingerprint density at radius 1 is 1.17 bits per heavy atom. The molecule has 0 saturated heterocycles. The molecular formula is C16H19F3O4S. The molecule has 0 aliphatic carbocycles. The maximum Gasteiger partial charge on any atom is 0.534 e. The van der Waals surface area contributed by atoms with Crippen LogP contribution in [0.2, 0.25) is 0 Å². The first-order valence-electron chi connectivity index (χ1n) is 7.47. The van der Waals surface area contributed by atoms with Crippen molar-refractivity contribution in [3.63, 3.8) is 0 Å². The number of carbonyl (C=O) groups excluding carboxylic acids is 1. The molecule has 24 heavy (non-hydrogen) atoms. The summed E-state index contributed by atoms with van der Waals surface area (Å²) in [4.78, 5) is 11.0. The van der Waals surface area contributed by atoms with E-state index in [-0.39, 0.29) is 11.8 Å². The van der Waals surface area contributed by atoms with Gasteiger partial charge in [-0.15, -0.1) is 0 Å². The zero-order chi connectivity index (χ0) is 18.2. The van der Waals surface area contributed by atoms with Gasteiger partial charge in [0.2, 0.25) is 0 Å². The van der Waals surface area contributed by atoms with Gasteiger partial charge >= 0.3 is 15.6 Å². The van der Waals surface area contributed by atoms with E-state index in [1.54, 1.807) is 6.08 Å². The van der Waals surface area contributed by atoms with Crippen molar-refractivity contribution in [2.24, 2.45) is 0 Å². The molecule has 0 aliphatic rings. The van der Waals surface area contributed by atoms with Crippen LogP contribution in [0.5, 0.6) is 5.75 Å². The summed E-state index contributed by atoms with van der Waals surface area (Å²) in [6.45, 7) is 2.11. The summed E-state index contributed by atoms with van der Waals surface area (Å²) in [5.74, 6) is -0.651. The third-order valence-corrected chi connectivity index (χ3v) is 4.14. The van der Waals surface area contributed by atoms with E-state index in [1.807, 2.05) is 6.08 Å². The van der Waals surface area contributed by atoms with Crippen molar-refractivity contribution in [3.05, 3.63) is 35.4 Å². The maximum absolute atomic E-state index is 12.3. The minimum absolute atomic E-state index is 0.250. The highest BCUT2D eigenvalue weighted by atomic mass is 32.2. The minimum Gasteiger partial charge on any atom is -0.375 e. The van der Waals surface area contributed by atoms with Crippen LogP contribution >= 0.6 is 0 Å². The normalized spacial score (nSPS) is 12.5. The van der Waals surface area contributed by atoms with Crippen molar-refractivity contribution in [2.45, 2.75) is 44.5 Å². The third kappa shape index (κ3) is 5.99. The number of hydrogen-bond donors (Lipinski definition) is 0. The predicted octanol–water partition coefficient (Wildman–Crippen LogP) is 4.71. The summed E-state index contributed by atoms with van der Waals surface area (Å²) >= 11 is 0. The Hall–Kier alpha value is -1.83. The van der Waals surface area contributed by atoms with Gasteiger partial charge in [-0.3, -0.25) is 4.79 Å². The lowest BCUT2D eigenvalue weighted by Crippen LogP contribution is -2.28. The van der Waals surface area contributed by atoms with Crippen molar-refractivity contribution >= 4 is 22.5 Å². The average Bonchev–Trinajstić information content (AvgIpc) is 2.50. The fourth-order valence-corrected chi connectivity index (χ4v) is 2.40. The van der Waals surface area contributed by atoms with Crippen LogP contribution in [-0.4, -0.2) is 20.2 Å². The summed E-state index contributed by atoms with van der Waals surface area (Å²) in [5.41, 5.74) is -5.25. The molecule has 4 nitrogen and oxygen atoms in total. The number of rotatable bonds is 9. The van der Waals surface area contributed by atoms with Gasteiger partial charge in [0.25, 0.3) is 0 Å². The molecule has 0 fully saturated rings. The van der Waals surface area contributed by atoms with Crippen LogP contribution < -0.4 is 4.18 Å². The summed E-state index contributed by atoms with van der Waals surface area (Å²) in [5, 5.41) is 0. The van der Waals surface area contributed by atoms with Gasteiger partial charge < -0.3 is 4.18 Å². The Kier molecular flexibility index (Phi) is 7.47. The van der Waals surface area contributed by atoms with E-state index < -0.39 is 21.4 Å². The fourth-order valence-electron chi connectivity index (χ4n) is 1.91. The number of benzene rings is 1. The first-order chi connectivity index (χ1) is 11.2. The second-order valence-electron chi connectivity index (χ2n) is 5.15. The van der Waals surface area contributed by atoms with Gasteiger partial charge in [0, 0.05) is 0 Å². The van der Waals surface area contributed by atoms with Gasteiger partial charge in [-0.25, -0.2) is 0 Å². The Bertz CT molecular complexity index is 679. The second-order valence-corrected chi connectivity index (χ2v) is 6.69. The Morgan fingerprint density at radius 3 is 2.46 bits per heavy atom. The summed E-state index contributed by atoms with van der Waals surface area (Å²) in [6.07, 6.45) is 9.14. The number of unbranched alkanes of at least 4 members (excludes halogenated alkanes) is 4. The summed E-state index contributed by atoms with van der Waals surface area (Å²) in [6, 6.07) is 3.69. The van der Waals surface area contributed by atoms with Crippen LogP contribution in [0.15, 0.2) is 24.3 Å². The Morgan fingerprint density at radius 2 is 1.88 bits per heavy atom. The van der Waals surface area contributed by atoms with E-state index in [9.17, 15) is 26.4 Å². The van der Waals surface area contributed by atoms with Crippen LogP contribution in [0.1, 0.15) is 54.9 Å². The van der Waals surface area contributed by atoms with Crippen molar-refractivity contribution < 1.29 is 30.6 Å². The smallest absolute Gasteiger partial charge is 0.375 e. The first-order valence-corrected chi connectivity index (χ1v) is 8.88. The lowest BCUT2D eigenvalue weighted by molar-refractivity contribution is -0.0500. The number of halogens is 3. The van der Waals surface area contributed by atoms with Crippen LogP contribution in [0.4, 0.5) is 13.2 Å². The van der Waals surface area contributed by atoms with Crippen molar-refractivity contribution in [1.82, 2.24) is 0 Å². The van der Waals surface area contributed by atoms with Gasteiger partial charge in [0.1, 0.15) is 0 Å². The molecule has 0 radical (unpaired) electrons. The molecule has 1 aromatic rings. The third-order valence-electron chi connectivity index (χ3n) is 3.18. The molecule has 1 rings (SSSR count). The minimum atomic E-state index is -5.80. The molecular weight excluding hydrogens is 345 g/mol. The maximum atomic E-state index is 12.3. The second kappa shape index (κ2) is 8.86. The predicted molar refractivity (Wildman–Crippen MR) is 85.2 cm³/mol. The molecule has 1 aromatic carbocycles. The Labute approximate surface area is 139 Å². The summed E-state index contributed by atoms with van der Waals surface area (Å²) < 4.78 is 62.9. The zero-order valence-corrected chi connectivity index (χ0v) is 14.0. The van der Waals surface area contributed by atoms with Crippen molar-refractivity contribution in [3.8, 4) is 5.75 Å². The molecule has 0 aromatic heterocycles. The average molecular weight is 364 g/mol. The van der Waals surface area contributed by atoms with E-state index >= 15 is 0 Å². The quantitative estimate of drug-likeness (QED) is 0.275. The molecule has 8 heteroatoms. The molecule has 0 bridgehead atoms. The lowest BCUT2D eigenvalue weighted by atomic mass is 10.1. The monoisotopic (exact) mass is 364 g/mol. The highest BCUT2D eigenvalue weighted by Crippen LogP contribution is 2.29. The van der Waals surface area contributed by atoms with Gasteiger partial charge in [-0.05, 0) is 30.5 Å². The number of hydrogen-bond acceptors (Lipinski definition) is 4. The molecule has 0 unspecified atom stereocenters. The van der Waals surface area contributed by atoms with E-state index in [2.05, 4.69) is 11.1 Å². The number of carbonyl (C=O) groups is 1. The van der Waals surface area contributed by atoms with E-state index in [4.69, 9.17) is 0 Å². The van der Waals surface area contributed by atoms with Gasteiger partial charge in [-0.2, -0.15) is 21.6 Å². The SMILES string of the molecule is CCCCCC/C=C/c1ccc(OS(=O)(=O)C(F)(F)F)c(C=O)c1. The number of alkyl halides is 3. The molecule has 0 saturated carbocycles. The largest absolute Gasteiger partial charge is 0.534 e. The Balaban J connectivity index is 2.82. The van der Waals surface area contributed by atoms with Crippen LogP contribution in [0.25, 0.3) is 6.08 Å². The standard InChI is InChI=1S/C16H19F3O4S/c1-2-3-4-5-6-7-8-13-9-10-15(14(11-13)12-20)23-24(21,22)16(17,18)19/h7-12H,2-6H2,1H3/b8-7+. The van der Waals surface area contributed by atoms with Crippen LogP contribution in [-0.2, 0) is 10.1 Å². The molecule has 0 aliphatic heterocycles. The summed E-state index contributed by atoms with van der Waals surface area (Å²) in [7, 11) is -5.80. The molecule has 0 amide bonds. The van der Waals surface area contributed by atoms with E-state index in [0.717, 1.165) is 38.2 Å². The van der Waals surface area contributed by atoms with E-state index in [0.29, 0.717) is 5.56 Å². The highest BCUT2D eigenvalue weighted by Gasteiger charge is 2.48. The topological polar surface area (TPSA) is 60.4 Å². The van der Waals surface area contributed by atoms with Crippen molar-refractivity contribution in [2.75, 3.05) is 0 Å². The highest BCUT2D eigenvalue weighted by molar-refractivity contribution is 7.88. The van der Waals surface area contributed by atoms with Gasteiger partial charge in [0.15, 0.2) is 12.0 Å². The number of allylic oxidation sites excluding steroid dienone is 1. The molecule has 134 valence electrons. The molecule has 0 N–H and O–H groups in total. The van der Waals surface area contributed by atoms with Crippen LogP contribution in [0, 0.1) is 0 Å².